The van der Waals surface area contributed by atoms with Gasteiger partial charge in [-0.3, -0.25) is 0 Å². The van der Waals surface area contributed by atoms with Gasteiger partial charge in [-0.1, -0.05) is 0 Å². The number of aliphatic hydroxyl groups is 2. The van der Waals surface area contributed by atoms with Crippen LogP contribution in [-0.4, -0.2) is 22.5 Å². The van der Waals surface area contributed by atoms with Crippen molar-refractivity contribution in [2.75, 3.05) is 0 Å². The smallest absolute Gasteiger partial charge is 0.156 e. The van der Waals surface area contributed by atoms with Crippen molar-refractivity contribution in [3.8, 4) is 0 Å². The predicted octanol–water partition coefficient (Wildman–Crippen LogP) is -0.414. The number of ether oxygens (including phenoxy) is 1. The molecule has 0 aromatic rings. The third-order valence-electron chi connectivity index (χ3n) is 1.43. The van der Waals surface area contributed by atoms with Crippen LogP contribution in [0.5, 0.6) is 0 Å². The Hall–Kier alpha value is -1.02. The molecule has 4 heteroatoms. The molecule has 1 rings (SSSR count). The van der Waals surface area contributed by atoms with E-state index in [1.807, 2.05) is 0 Å². The zero-order chi connectivity index (χ0) is 8.97. The van der Waals surface area contributed by atoms with Crippen LogP contribution in [0.15, 0.2) is 23.5 Å². The van der Waals surface area contributed by atoms with Crippen molar-refractivity contribution in [3.05, 3.63) is 23.5 Å². The number of nitrogens with two attached hydrogens (primary N) is 1. The summed E-state index contributed by atoms with van der Waals surface area (Å²) in [4.78, 5) is 0. The van der Waals surface area contributed by atoms with Crippen LogP contribution in [0.4, 0.5) is 0 Å². The SMILES string of the molecule is N[C@H](CC1=C=C=CO1)CC(O)O. The summed E-state index contributed by atoms with van der Waals surface area (Å²) in [5, 5.41) is 17.2. The first-order valence-corrected chi connectivity index (χ1v) is 3.66. The Morgan fingerprint density at radius 1 is 1.58 bits per heavy atom. The van der Waals surface area contributed by atoms with Gasteiger partial charge in [0.05, 0.1) is 0 Å². The van der Waals surface area contributed by atoms with Gasteiger partial charge in [0.15, 0.2) is 12.0 Å². The summed E-state index contributed by atoms with van der Waals surface area (Å²) in [6.07, 6.45) is 0.603. The molecule has 0 aliphatic carbocycles. The normalized spacial score (nSPS) is 16.5. The lowest BCUT2D eigenvalue weighted by Gasteiger charge is -2.11. The van der Waals surface area contributed by atoms with Gasteiger partial charge in [0, 0.05) is 18.9 Å². The Morgan fingerprint density at radius 2 is 2.33 bits per heavy atom. The van der Waals surface area contributed by atoms with Crippen molar-refractivity contribution in [1.29, 1.82) is 0 Å². The van der Waals surface area contributed by atoms with E-state index in [-0.39, 0.29) is 12.5 Å². The second-order valence-corrected chi connectivity index (χ2v) is 2.61. The second kappa shape index (κ2) is 4.12. The maximum absolute atomic E-state index is 8.58. The highest BCUT2D eigenvalue weighted by Crippen LogP contribution is 2.10. The van der Waals surface area contributed by atoms with Gasteiger partial charge in [0.25, 0.3) is 0 Å². The number of hydrogen-bond acceptors (Lipinski definition) is 4. The number of aliphatic hydroxyl groups excluding tert-OH is 1. The molecule has 0 radical (unpaired) electrons. The summed E-state index contributed by atoms with van der Waals surface area (Å²) in [6, 6.07) is -0.319. The molecule has 1 aliphatic heterocycles. The van der Waals surface area contributed by atoms with Crippen LogP contribution in [0.1, 0.15) is 12.8 Å². The zero-order valence-electron chi connectivity index (χ0n) is 6.53. The van der Waals surface area contributed by atoms with Gasteiger partial charge in [-0.2, -0.15) is 0 Å². The Bertz CT molecular complexity index is 247. The maximum Gasteiger partial charge on any atom is 0.156 e. The molecule has 1 heterocycles. The summed E-state index contributed by atoms with van der Waals surface area (Å²) >= 11 is 0. The topological polar surface area (TPSA) is 75.7 Å². The minimum absolute atomic E-state index is 0.133. The van der Waals surface area contributed by atoms with Gasteiger partial charge in [-0.25, -0.2) is 0 Å². The minimum Gasteiger partial charge on any atom is -0.452 e. The summed E-state index contributed by atoms with van der Waals surface area (Å²) in [6.45, 7) is 0. The van der Waals surface area contributed by atoms with Crippen LogP contribution in [0.25, 0.3) is 0 Å². The van der Waals surface area contributed by atoms with Gasteiger partial charge in [-0.15, -0.1) is 0 Å². The highest BCUT2D eigenvalue weighted by molar-refractivity contribution is 5.02. The molecule has 0 fully saturated rings. The molecule has 0 amide bonds. The van der Waals surface area contributed by atoms with E-state index in [1.165, 1.54) is 6.26 Å². The maximum atomic E-state index is 8.58. The van der Waals surface area contributed by atoms with Crippen LogP contribution in [0.3, 0.4) is 0 Å². The van der Waals surface area contributed by atoms with Gasteiger partial charge in [0.1, 0.15) is 6.26 Å². The zero-order valence-corrected chi connectivity index (χ0v) is 6.53. The van der Waals surface area contributed by atoms with Crippen LogP contribution in [0.2, 0.25) is 0 Å². The van der Waals surface area contributed by atoms with E-state index in [4.69, 9.17) is 20.7 Å². The van der Waals surface area contributed by atoms with Crippen molar-refractivity contribution in [1.82, 2.24) is 0 Å². The second-order valence-electron chi connectivity index (χ2n) is 2.61. The van der Waals surface area contributed by atoms with E-state index < -0.39 is 6.29 Å². The van der Waals surface area contributed by atoms with Crippen LogP contribution in [0, 0.1) is 0 Å². The molecule has 0 unspecified atom stereocenters. The first kappa shape index (κ1) is 9.07. The molecular weight excluding hydrogens is 158 g/mol. The van der Waals surface area contributed by atoms with E-state index in [0.717, 1.165) is 0 Å². The molecule has 4 nitrogen and oxygen atoms in total. The molecule has 0 aromatic heterocycles. The standard InChI is InChI=1S/C8H11NO3/c9-6(5-8(10)11)4-7-2-1-3-12-7/h3,6,8,10-11H,4-5,9H2/t6-/m1/s1. The molecule has 0 saturated heterocycles. The average molecular weight is 169 g/mol. The fourth-order valence-electron chi connectivity index (χ4n) is 0.931. The van der Waals surface area contributed by atoms with Crippen molar-refractivity contribution in [2.24, 2.45) is 5.73 Å². The quantitative estimate of drug-likeness (QED) is 0.395. The molecule has 0 spiro atoms. The molecule has 0 saturated carbocycles. The third-order valence-corrected chi connectivity index (χ3v) is 1.43. The largest absolute Gasteiger partial charge is 0.452 e. The highest BCUT2D eigenvalue weighted by atomic mass is 16.5. The fraction of sp³-hybridized carbons (Fsp3) is 0.500. The Labute approximate surface area is 70.3 Å². The Balaban J connectivity index is 2.32. The Kier molecular flexibility index (Phi) is 3.11. The summed E-state index contributed by atoms with van der Waals surface area (Å²) in [5.74, 6) is 0.586. The third kappa shape index (κ3) is 2.93. The van der Waals surface area contributed by atoms with Gasteiger partial charge in [-0.05, 0) is 11.5 Å². The van der Waals surface area contributed by atoms with Gasteiger partial charge in [0.2, 0.25) is 0 Å². The Morgan fingerprint density at radius 3 is 2.83 bits per heavy atom. The van der Waals surface area contributed by atoms with Crippen molar-refractivity contribution in [2.45, 2.75) is 25.2 Å². The van der Waals surface area contributed by atoms with E-state index in [2.05, 4.69) is 11.5 Å². The first-order chi connectivity index (χ1) is 5.68. The van der Waals surface area contributed by atoms with E-state index in [0.29, 0.717) is 12.2 Å². The predicted molar refractivity (Wildman–Crippen MR) is 41.6 cm³/mol. The monoisotopic (exact) mass is 169 g/mol. The minimum atomic E-state index is -1.36. The molecule has 1 aliphatic rings. The number of rotatable bonds is 4. The summed E-state index contributed by atoms with van der Waals surface area (Å²) in [7, 11) is 0. The van der Waals surface area contributed by atoms with E-state index in [1.54, 1.807) is 0 Å². The molecule has 0 bridgehead atoms. The van der Waals surface area contributed by atoms with Crippen LogP contribution < -0.4 is 5.73 Å². The summed E-state index contributed by atoms with van der Waals surface area (Å²) in [5.41, 5.74) is 10.9. The fourth-order valence-corrected chi connectivity index (χ4v) is 0.931. The van der Waals surface area contributed by atoms with Crippen molar-refractivity contribution >= 4 is 0 Å². The van der Waals surface area contributed by atoms with E-state index in [9.17, 15) is 0 Å². The van der Waals surface area contributed by atoms with Gasteiger partial charge >= 0.3 is 0 Å². The van der Waals surface area contributed by atoms with Crippen LogP contribution in [-0.2, 0) is 4.74 Å². The average Bonchev–Trinajstić information content (AvgIpc) is 2.37. The first-order valence-electron chi connectivity index (χ1n) is 3.66. The van der Waals surface area contributed by atoms with Crippen molar-refractivity contribution in [3.63, 3.8) is 0 Å². The number of hydrogen-bond donors (Lipinski definition) is 3. The molecule has 1 atom stereocenters. The lowest BCUT2D eigenvalue weighted by Crippen LogP contribution is -2.26. The van der Waals surface area contributed by atoms with Gasteiger partial charge < -0.3 is 20.7 Å². The molecule has 66 valence electrons. The molecule has 4 N–H and O–H groups in total. The molecule has 12 heavy (non-hydrogen) atoms. The van der Waals surface area contributed by atoms with E-state index >= 15 is 0 Å². The lowest BCUT2D eigenvalue weighted by molar-refractivity contribution is -0.0495. The summed E-state index contributed by atoms with van der Waals surface area (Å²) < 4.78 is 4.93. The van der Waals surface area contributed by atoms with Crippen molar-refractivity contribution < 1.29 is 14.9 Å². The highest BCUT2D eigenvalue weighted by Gasteiger charge is 2.11. The molecule has 0 aromatic carbocycles. The lowest BCUT2D eigenvalue weighted by atomic mass is 10.1. The van der Waals surface area contributed by atoms with Crippen LogP contribution >= 0.6 is 0 Å². The molecular formula is C8H11NO3.